The predicted molar refractivity (Wildman–Crippen MR) is 64.8 cm³/mol. The molecule has 1 heterocycles. The van der Waals surface area contributed by atoms with Crippen LogP contribution in [0.15, 0.2) is 54.2 Å². The zero-order chi connectivity index (χ0) is 10.3. The molecule has 0 aromatic heterocycles. The monoisotopic (exact) mass is 194 g/mol. The zero-order valence-electron chi connectivity index (χ0n) is 8.22. The molecule has 0 aliphatic carbocycles. The van der Waals surface area contributed by atoms with E-state index in [2.05, 4.69) is 35.8 Å². The van der Waals surface area contributed by atoms with E-state index in [1.807, 2.05) is 17.0 Å². The average Bonchev–Trinajstić information content (AvgIpc) is 2.30. The molecule has 0 spiro atoms. The van der Waals surface area contributed by atoms with E-state index in [0.717, 1.165) is 11.4 Å². The van der Waals surface area contributed by atoms with Crippen molar-refractivity contribution in [2.75, 3.05) is 4.90 Å². The smallest absolute Gasteiger partial charge is 0.0998 e. The summed E-state index contributed by atoms with van der Waals surface area (Å²) in [5.74, 6) is 0. The Morgan fingerprint density at radius 2 is 1.93 bits per heavy atom. The molecule has 0 atom stereocenters. The average molecular weight is 194 g/mol. The van der Waals surface area contributed by atoms with Crippen LogP contribution in [0.4, 0.5) is 11.4 Å². The summed E-state index contributed by atoms with van der Waals surface area (Å²) in [5, 5.41) is 2.41. The van der Waals surface area contributed by atoms with Gasteiger partial charge in [0.2, 0.25) is 0 Å². The van der Waals surface area contributed by atoms with Gasteiger partial charge in [-0.05, 0) is 17.5 Å². The van der Waals surface area contributed by atoms with E-state index in [-0.39, 0.29) is 0 Å². The first-order valence-electron chi connectivity index (χ1n) is 4.87. The van der Waals surface area contributed by atoms with E-state index in [1.54, 1.807) is 12.5 Å². The van der Waals surface area contributed by atoms with E-state index < -0.39 is 0 Å². The Bertz CT molecular complexity index is 565. The topological polar surface area (TPSA) is 15.6 Å². The molecule has 0 fully saturated rings. The van der Waals surface area contributed by atoms with E-state index >= 15 is 0 Å². The van der Waals surface area contributed by atoms with E-state index in [4.69, 9.17) is 0 Å². The van der Waals surface area contributed by atoms with Crippen molar-refractivity contribution in [3.63, 3.8) is 0 Å². The third kappa shape index (κ3) is 1.08. The third-order valence-corrected chi connectivity index (χ3v) is 2.66. The first-order chi connectivity index (χ1) is 7.40. The largest absolute Gasteiger partial charge is 0.308 e. The SMILES string of the molecule is C=CN1C=Nc2cccc3cccc1c23. The van der Waals surface area contributed by atoms with Crippen molar-refractivity contribution < 1.29 is 0 Å². The van der Waals surface area contributed by atoms with Gasteiger partial charge in [-0.2, -0.15) is 0 Å². The summed E-state index contributed by atoms with van der Waals surface area (Å²) in [5.41, 5.74) is 2.18. The zero-order valence-corrected chi connectivity index (χ0v) is 8.22. The van der Waals surface area contributed by atoms with Gasteiger partial charge in [-0.25, -0.2) is 4.99 Å². The Morgan fingerprint density at radius 1 is 1.13 bits per heavy atom. The third-order valence-electron chi connectivity index (χ3n) is 2.66. The Hall–Kier alpha value is -2.09. The van der Waals surface area contributed by atoms with Crippen LogP contribution in [0.1, 0.15) is 0 Å². The summed E-state index contributed by atoms with van der Waals surface area (Å²) in [6.45, 7) is 3.78. The highest BCUT2D eigenvalue weighted by Crippen LogP contribution is 2.36. The molecule has 0 saturated heterocycles. The molecule has 72 valence electrons. The fourth-order valence-electron chi connectivity index (χ4n) is 1.96. The van der Waals surface area contributed by atoms with Crippen LogP contribution in [0.25, 0.3) is 10.8 Å². The number of hydrogen-bond acceptors (Lipinski definition) is 2. The minimum atomic E-state index is 1.03. The summed E-state index contributed by atoms with van der Waals surface area (Å²) >= 11 is 0. The number of anilines is 1. The normalized spacial score (nSPS) is 13.2. The second kappa shape index (κ2) is 2.95. The second-order valence-corrected chi connectivity index (χ2v) is 3.49. The van der Waals surface area contributed by atoms with Crippen molar-refractivity contribution >= 4 is 28.5 Å². The lowest BCUT2D eigenvalue weighted by molar-refractivity contribution is 1.36. The van der Waals surface area contributed by atoms with E-state index in [1.165, 1.54) is 10.8 Å². The molecular formula is C13H10N2. The molecule has 15 heavy (non-hydrogen) atoms. The number of benzene rings is 2. The van der Waals surface area contributed by atoms with Gasteiger partial charge in [0.1, 0.15) is 0 Å². The quantitative estimate of drug-likeness (QED) is 0.678. The molecule has 0 saturated carbocycles. The lowest BCUT2D eigenvalue weighted by Gasteiger charge is -2.21. The van der Waals surface area contributed by atoms with Gasteiger partial charge in [0.05, 0.1) is 17.7 Å². The van der Waals surface area contributed by atoms with Gasteiger partial charge in [-0.15, -0.1) is 0 Å². The summed E-state index contributed by atoms with van der Waals surface area (Å²) in [6, 6.07) is 12.4. The minimum absolute atomic E-state index is 1.03. The summed E-state index contributed by atoms with van der Waals surface area (Å²) < 4.78 is 0. The van der Waals surface area contributed by atoms with Gasteiger partial charge in [0.15, 0.2) is 0 Å². The molecule has 0 radical (unpaired) electrons. The summed E-state index contributed by atoms with van der Waals surface area (Å²) in [4.78, 5) is 6.33. The fourth-order valence-corrected chi connectivity index (χ4v) is 1.96. The minimum Gasteiger partial charge on any atom is -0.308 e. The summed E-state index contributed by atoms with van der Waals surface area (Å²) in [6.07, 6.45) is 3.57. The summed E-state index contributed by atoms with van der Waals surface area (Å²) in [7, 11) is 0. The molecule has 2 heteroatoms. The number of nitrogens with zero attached hydrogens (tertiary/aromatic N) is 2. The van der Waals surface area contributed by atoms with Crippen molar-refractivity contribution in [1.82, 2.24) is 0 Å². The van der Waals surface area contributed by atoms with Gasteiger partial charge in [-0.3, -0.25) is 0 Å². The standard InChI is InChI=1S/C13H10N2/c1-2-15-9-14-11-7-3-5-10-6-4-8-12(15)13(10)11/h2-9H,1H2. The molecule has 0 N–H and O–H groups in total. The van der Waals surface area contributed by atoms with Crippen LogP contribution in [0.3, 0.4) is 0 Å². The molecule has 1 aliphatic heterocycles. The van der Waals surface area contributed by atoms with Gasteiger partial charge >= 0.3 is 0 Å². The Kier molecular flexibility index (Phi) is 1.62. The van der Waals surface area contributed by atoms with Crippen LogP contribution in [-0.4, -0.2) is 6.34 Å². The van der Waals surface area contributed by atoms with Crippen LogP contribution in [0, 0.1) is 0 Å². The van der Waals surface area contributed by atoms with Gasteiger partial charge in [0, 0.05) is 11.6 Å². The highest BCUT2D eigenvalue weighted by molar-refractivity contribution is 6.09. The molecule has 0 amide bonds. The lowest BCUT2D eigenvalue weighted by Crippen LogP contribution is -2.14. The highest BCUT2D eigenvalue weighted by Gasteiger charge is 2.12. The fraction of sp³-hybridized carbons (Fsp3) is 0. The van der Waals surface area contributed by atoms with Gasteiger partial charge < -0.3 is 4.90 Å². The number of hydrogen-bond donors (Lipinski definition) is 0. The Labute approximate surface area is 88.2 Å². The van der Waals surface area contributed by atoms with Gasteiger partial charge in [-0.1, -0.05) is 30.8 Å². The van der Waals surface area contributed by atoms with Crippen molar-refractivity contribution in [1.29, 1.82) is 0 Å². The molecule has 2 aromatic carbocycles. The lowest BCUT2D eigenvalue weighted by atomic mass is 10.1. The maximum absolute atomic E-state index is 4.39. The molecule has 0 bridgehead atoms. The van der Waals surface area contributed by atoms with E-state index in [9.17, 15) is 0 Å². The van der Waals surface area contributed by atoms with Crippen molar-refractivity contribution in [2.45, 2.75) is 0 Å². The second-order valence-electron chi connectivity index (χ2n) is 3.49. The predicted octanol–water partition coefficient (Wildman–Crippen LogP) is 3.46. The van der Waals surface area contributed by atoms with Crippen LogP contribution in [-0.2, 0) is 0 Å². The van der Waals surface area contributed by atoms with E-state index in [0.29, 0.717) is 0 Å². The Balaban J connectivity index is 2.46. The molecular weight excluding hydrogens is 184 g/mol. The molecule has 0 unspecified atom stereocenters. The number of rotatable bonds is 1. The molecule has 2 aromatic rings. The number of aliphatic imine (C=N–C) groups is 1. The van der Waals surface area contributed by atoms with Gasteiger partial charge in [0.25, 0.3) is 0 Å². The molecule has 1 aliphatic rings. The molecule has 3 rings (SSSR count). The molecule has 2 nitrogen and oxygen atoms in total. The maximum atomic E-state index is 4.39. The first kappa shape index (κ1) is 8.24. The van der Waals surface area contributed by atoms with Crippen molar-refractivity contribution in [3.8, 4) is 0 Å². The van der Waals surface area contributed by atoms with Crippen LogP contribution >= 0.6 is 0 Å². The van der Waals surface area contributed by atoms with Crippen LogP contribution in [0.2, 0.25) is 0 Å². The van der Waals surface area contributed by atoms with Crippen molar-refractivity contribution in [2.24, 2.45) is 4.99 Å². The van der Waals surface area contributed by atoms with Crippen LogP contribution in [0.5, 0.6) is 0 Å². The Morgan fingerprint density at radius 3 is 2.73 bits per heavy atom. The maximum Gasteiger partial charge on any atom is 0.0998 e. The first-order valence-corrected chi connectivity index (χ1v) is 4.87. The highest BCUT2D eigenvalue weighted by atomic mass is 15.2. The van der Waals surface area contributed by atoms with Crippen LogP contribution < -0.4 is 4.90 Å². The van der Waals surface area contributed by atoms with Crippen molar-refractivity contribution in [3.05, 3.63) is 49.2 Å².